The number of methoxy groups -OCH3 is 1. The number of fused-ring (bicyclic) bond motifs is 2. The zero-order chi connectivity index (χ0) is 22.6. The first-order valence-corrected chi connectivity index (χ1v) is 14.6. The van der Waals surface area contributed by atoms with Gasteiger partial charge in [0.05, 0.1) is 25.0 Å². The molecule has 31 heavy (non-hydrogen) atoms. The molecule has 0 radical (unpaired) electrons. The lowest BCUT2D eigenvalue weighted by molar-refractivity contribution is -0.123. The normalized spacial score (nSPS) is 18.7. The number of aliphatic hydroxyl groups excluding tert-OH is 1. The Balaban J connectivity index is 1.95. The molecule has 0 spiro atoms. The van der Waals surface area contributed by atoms with E-state index < -0.39 is 14.1 Å². The minimum absolute atomic E-state index is 0.0118. The van der Waals surface area contributed by atoms with Gasteiger partial charge >= 0.3 is 0 Å². The summed E-state index contributed by atoms with van der Waals surface area (Å²) in [5, 5.41) is 9.05. The summed E-state index contributed by atoms with van der Waals surface area (Å²) in [6, 6.07) is 3.86. The molecule has 1 saturated heterocycles. The van der Waals surface area contributed by atoms with E-state index in [0.717, 1.165) is 12.5 Å². The summed E-state index contributed by atoms with van der Waals surface area (Å²) in [4.78, 5) is 29.9. The molecule has 0 saturated carbocycles. The van der Waals surface area contributed by atoms with Crippen LogP contribution in [0.15, 0.2) is 12.1 Å². The number of anilines is 1. The van der Waals surface area contributed by atoms with Crippen molar-refractivity contribution >= 4 is 25.6 Å². The van der Waals surface area contributed by atoms with Gasteiger partial charge in [-0.1, -0.05) is 19.6 Å². The second-order valence-corrected chi connectivity index (χ2v) is 14.8. The van der Waals surface area contributed by atoms with Crippen LogP contribution in [0.1, 0.15) is 29.6 Å². The second-order valence-electron chi connectivity index (χ2n) is 9.22. The van der Waals surface area contributed by atoms with Gasteiger partial charge in [0, 0.05) is 40.3 Å². The minimum atomic E-state index is -1.26. The SMILES string of the molecule is COc1cc2c(cc1OCCCO)N(COCC[Si](C)(C)C)C(=O)C1CCCN1C2=O. The monoisotopic (exact) mass is 450 g/mol. The molecule has 1 fully saturated rings. The third kappa shape index (κ3) is 5.39. The summed E-state index contributed by atoms with van der Waals surface area (Å²) in [6.45, 7) is 8.38. The molecule has 0 aliphatic carbocycles. The average Bonchev–Trinajstić information content (AvgIpc) is 3.19. The van der Waals surface area contributed by atoms with Gasteiger partial charge in [0.2, 0.25) is 0 Å². The van der Waals surface area contributed by atoms with Gasteiger partial charge in [-0.2, -0.15) is 0 Å². The standard InChI is InChI=1S/C22H34N2O6Si/c1-28-19-13-16-18(14-20(19)30-10-6-9-25)24(15-29-11-12-31(2,3)4)22(27)17-7-5-8-23(17)21(16)26/h13-14,17,25H,5-12,15H2,1-4H3. The molecule has 1 unspecified atom stereocenters. The van der Waals surface area contributed by atoms with Gasteiger partial charge in [-0.25, -0.2) is 0 Å². The lowest BCUT2D eigenvalue weighted by atomic mass is 10.1. The van der Waals surface area contributed by atoms with Crippen LogP contribution in [0, 0.1) is 0 Å². The lowest BCUT2D eigenvalue weighted by Gasteiger charge is -2.26. The Bertz CT molecular complexity index is 810. The maximum absolute atomic E-state index is 13.4. The fourth-order valence-corrected chi connectivity index (χ4v) is 4.61. The molecule has 9 heteroatoms. The molecule has 1 atom stereocenters. The van der Waals surface area contributed by atoms with Crippen LogP contribution in [0.25, 0.3) is 0 Å². The zero-order valence-corrected chi connectivity index (χ0v) is 20.0. The van der Waals surface area contributed by atoms with Gasteiger partial charge in [-0.15, -0.1) is 0 Å². The number of ether oxygens (including phenoxy) is 3. The predicted octanol–water partition coefficient (Wildman–Crippen LogP) is 2.72. The smallest absolute Gasteiger partial charge is 0.256 e. The van der Waals surface area contributed by atoms with Crippen LogP contribution in [-0.4, -0.2) is 76.1 Å². The molecule has 2 amide bonds. The van der Waals surface area contributed by atoms with Crippen LogP contribution in [0.4, 0.5) is 5.69 Å². The van der Waals surface area contributed by atoms with Crippen LogP contribution < -0.4 is 14.4 Å². The van der Waals surface area contributed by atoms with E-state index >= 15 is 0 Å². The van der Waals surface area contributed by atoms with Crippen molar-refractivity contribution in [2.75, 3.05) is 45.1 Å². The molecule has 2 heterocycles. The number of carbonyl (C=O) groups is 2. The number of carbonyl (C=O) groups excluding carboxylic acids is 2. The van der Waals surface area contributed by atoms with Gasteiger partial charge in [0.25, 0.3) is 11.8 Å². The molecule has 0 aromatic heterocycles. The Kier molecular flexibility index (Phi) is 7.61. The first kappa shape index (κ1) is 23.6. The number of benzene rings is 1. The average molecular weight is 451 g/mol. The maximum atomic E-state index is 13.4. The van der Waals surface area contributed by atoms with E-state index in [0.29, 0.717) is 55.4 Å². The Morgan fingerprint density at radius 1 is 1.16 bits per heavy atom. The van der Waals surface area contributed by atoms with Gasteiger partial charge in [-0.05, 0) is 25.0 Å². The molecule has 3 rings (SSSR count). The highest BCUT2D eigenvalue weighted by Crippen LogP contribution is 2.40. The number of aliphatic hydroxyl groups is 1. The highest BCUT2D eigenvalue weighted by Gasteiger charge is 2.42. The molecule has 1 aromatic carbocycles. The van der Waals surface area contributed by atoms with Crippen LogP contribution in [0.3, 0.4) is 0 Å². The van der Waals surface area contributed by atoms with Gasteiger partial charge in [0.15, 0.2) is 11.5 Å². The fraction of sp³-hybridized carbons (Fsp3) is 0.636. The highest BCUT2D eigenvalue weighted by atomic mass is 28.3. The second kappa shape index (κ2) is 10.0. The number of rotatable bonds is 10. The molecular formula is C22H34N2O6Si. The Labute approximate surface area is 185 Å². The largest absolute Gasteiger partial charge is 0.493 e. The summed E-state index contributed by atoms with van der Waals surface area (Å²) >= 11 is 0. The van der Waals surface area contributed by atoms with E-state index in [-0.39, 0.29) is 25.2 Å². The minimum Gasteiger partial charge on any atom is -0.493 e. The Morgan fingerprint density at radius 3 is 2.61 bits per heavy atom. The van der Waals surface area contributed by atoms with Crippen molar-refractivity contribution in [2.24, 2.45) is 0 Å². The molecule has 8 nitrogen and oxygen atoms in total. The summed E-state index contributed by atoms with van der Waals surface area (Å²) in [6.07, 6.45) is 1.93. The topological polar surface area (TPSA) is 88.5 Å². The van der Waals surface area contributed by atoms with E-state index in [1.165, 1.54) is 7.11 Å². The quantitative estimate of drug-likeness (QED) is 0.436. The van der Waals surface area contributed by atoms with Crippen molar-refractivity contribution in [3.05, 3.63) is 17.7 Å². The van der Waals surface area contributed by atoms with Crippen LogP contribution in [-0.2, 0) is 9.53 Å². The molecular weight excluding hydrogens is 416 g/mol. The molecule has 2 aliphatic heterocycles. The number of nitrogens with zero attached hydrogens (tertiary/aromatic N) is 2. The maximum Gasteiger partial charge on any atom is 0.256 e. The Hall–Kier alpha value is -2.10. The van der Waals surface area contributed by atoms with E-state index in [1.54, 1.807) is 21.9 Å². The summed E-state index contributed by atoms with van der Waals surface area (Å²) in [5.41, 5.74) is 0.898. The molecule has 1 N–H and O–H groups in total. The van der Waals surface area contributed by atoms with Crippen molar-refractivity contribution in [1.82, 2.24) is 4.90 Å². The zero-order valence-electron chi connectivity index (χ0n) is 19.0. The summed E-state index contributed by atoms with van der Waals surface area (Å²) < 4.78 is 17.1. The summed E-state index contributed by atoms with van der Waals surface area (Å²) in [7, 11) is 0.254. The van der Waals surface area contributed by atoms with Gasteiger partial charge in [0.1, 0.15) is 12.8 Å². The Morgan fingerprint density at radius 2 is 1.94 bits per heavy atom. The molecule has 0 bridgehead atoms. The fourth-order valence-electron chi connectivity index (χ4n) is 3.85. The van der Waals surface area contributed by atoms with E-state index in [4.69, 9.17) is 19.3 Å². The predicted molar refractivity (Wildman–Crippen MR) is 121 cm³/mol. The third-order valence-corrected chi connectivity index (χ3v) is 7.35. The van der Waals surface area contributed by atoms with Gasteiger partial charge in [-0.3, -0.25) is 14.5 Å². The first-order chi connectivity index (χ1) is 14.8. The van der Waals surface area contributed by atoms with Crippen molar-refractivity contribution in [1.29, 1.82) is 0 Å². The number of amides is 2. The third-order valence-electron chi connectivity index (χ3n) is 5.64. The summed E-state index contributed by atoms with van der Waals surface area (Å²) in [5.74, 6) is 0.568. The van der Waals surface area contributed by atoms with Crippen LogP contribution >= 0.6 is 0 Å². The van der Waals surface area contributed by atoms with Crippen molar-refractivity contribution in [2.45, 2.75) is 51.0 Å². The first-order valence-electron chi connectivity index (χ1n) is 10.9. The van der Waals surface area contributed by atoms with E-state index in [2.05, 4.69) is 19.6 Å². The van der Waals surface area contributed by atoms with Crippen LogP contribution in [0.5, 0.6) is 11.5 Å². The van der Waals surface area contributed by atoms with E-state index in [9.17, 15) is 9.59 Å². The van der Waals surface area contributed by atoms with E-state index in [1.807, 2.05) is 0 Å². The van der Waals surface area contributed by atoms with Crippen molar-refractivity contribution in [3.8, 4) is 11.5 Å². The number of hydrogen-bond donors (Lipinski definition) is 1. The number of hydrogen-bond acceptors (Lipinski definition) is 6. The van der Waals surface area contributed by atoms with Crippen molar-refractivity contribution < 1.29 is 28.9 Å². The molecule has 2 aliphatic rings. The van der Waals surface area contributed by atoms with Crippen LogP contribution in [0.2, 0.25) is 25.7 Å². The lowest BCUT2D eigenvalue weighted by Crippen LogP contribution is -2.45. The van der Waals surface area contributed by atoms with Gasteiger partial charge < -0.3 is 24.2 Å². The molecule has 172 valence electrons. The van der Waals surface area contributed by atoms with Crippen molar-refractivity contribution in [3.63, 3.8) is 0 Å². The highest BCUT2D eigenvalue weighted by molar-refractivity contribution is 6.76. The molecule has 1 aromatic rings.